The van der Waals surface area contributed by atoms with E-state index in [-0.39, 0.29) is 11.5 Å². The number of nitrogens with zero attached hydrogens (tertiary/aromatic N) is 1. The summed E-state index contributed by atoms with van der Waals surface area (Å²) in [6, 6.07) is 3.11. The maximum Gasteiger partial charge on any atom is 0.146 e. The van der Waals surface area contributed by atoms with Gasteiger partial charge < -0.3 is 5.73 Å². The third-order valence-corrected chi connectivity index (χ3v) is 2.10. The molecule has 0 saturated carbocycles. The SMILES string of the molecule is CC1=NCc2cc(F)c(N)cc21. The molecule has 1 aromatic rings. The van der Waals surface area contributed by atoms with Crippen molar-refractivity contribution in [3.63, 3.8) is 0 Å². The molecule has 0 aliphatic carbocycles. The fourth-order valence-electron chi connectivity index (χ4n) is 1.39. The highest BCUT2D eigenvalue weighted by molar-refractivity contribution is 6.02. The summed E-state index contributed by atoms with van der Waals surface area (Å²) in [4.78, 5) is 4.18. The quantitative estimate of drug-likeness (QED) is 0.582. The van der Waals surface area contributed by atoms with Crippen LogP contribution in [-0.4, -0.2) is 5.71 Å². The smallest absolute Gasteiger partial charge is 0.146 e. The number of hydrogen-bond donors (Lipinski definition) is 1. The zero-order chi connectivity index (χ0) is 8.72. The predicted molar refractivity (Wildman–Crippen MR) is 46.7 cm³/mol. The van der Waals surface area contributed by atoms with Gasteiger partial charge in [-0.05, 0) is 24.6 Å². The van der Waals surface area contributed by atoms with Crippen molar-refractivity contribution in [2.75, 3.05) is 5.73 Å². The molecule has 0 unspecified atom stereocenters. The lowest BCUT2D eigenvalue weighted by Crippen LogP contribution is -1.97. The predicted octanol–water partition coefficient (Wildman–Crippen LogP) is 1.73. The maximum absolute atomic E-state index is 12.9. The van der Waals surface area contributed by atoms with Crippen molar-refractivity contribution in [1.29, 1.82) is 0 Å². The number of nitrogens with two attached hydrogens (primary N) is 1. The Labute approximate surface area is 69.9 Å². The molecule has 1 aromatic carbocycles. The van der Waals surface area contributed by atoms with Gasteiger partial charge in [0.15, 0.2) is 0 Å². The summed E-state index contributed by atoms with van der Waals surface area (Å²) in [7, 11) is 0. The van der Waals surface area contributed by atoms with Gasteiger partial charge in [-0.3, -0.25) is 4.99 Å². The lowest BCUT2D eigenvalue weighted by molar-refractivity contribution is 0.630. The second-order valence-corrected chi connectivity index (χ2v) is 2.93. The number of benzene rings is 1. The monoisotopic (exact) mass is 164 g/mol. The maximum atomic E-state index is 12.9. The van der Waals surface area contributed by atoms with Crippen LogP contribution in [0.2, 0.25) is 0 Å². The Hall–Kier alpha value is -1.38. The van der Waals surface area contributed by atoms with Crippen molar-refractivity contribution in [2.24, 2.45) is 4.99 Å². The Balaban J connectivity index is 2.63. The summed E-state index contributed by atoms with van der Waals surface area (Å²) in [6.45, 7) is 2.49. The molecule has 1 aliphatic rings. The molecule has 0 fully saturated rings. The van der Waals surface area contributed by atoms with E-state index in [4.69, 9.17) is 5.73 Å². The molecular formula is C9H9FN2. The summed E-state index contributed by atoms with van der Waals surface area (Å²) in [5, 5.41) is 0. The number of halogens is 1. The van der Waals surface area contributed by atoms with E-state index in [9.17, 15) is 4.39 Å². The van der Waals surface area contributed by atoms with Gasteiger partial charge in [0.25, 0.3) is 0 Å². The van der Waals surface area contributed by atoms with Gasteiger partial charge in [0.1, 0.15) is 5.82 Å². The molecule has 12 heavy (non-hydrogen) atoms. The number of nitrogen functional groups attached to an aromatic ring is 1. The Morgan fingerprint density at radius 3 is 3.00 bits per heavy atom. The first kappa shape index (κ1) is 7.28. The molecule has 0 saturated heterocycles. The summed E-state index contributed by atoms with van der Waals surface area (Å²) in [6.07, 6.45) is 0. The van der Waals surface area contributed by atoms with Gasteiger partial charge in [-0.1, -0.05) is 0 Å². The first-order valence-corrected chi connectivity index (χ1v) is 3.78. The van der Waals surface area contributed by atoms with Gasteiger partial charge in [-0.25, -0.2) is 4.39 Å². The average Bonchev–Trinajstić information content (AvgIpc) is 2.35. The van der Waals surface area contributed by atoms with Crippen molar-refractivity contribution >= 4 is 11.4 Å². The van der Waals surface area contributed by atoms with Gasteiger partial charge in [0.05, 0.1) is 12.2 Å². The zero-order valence-corrected chi connectivity index (χ0v) is 6.76. The Morgan fingerprint density at radius 2 is 2.25 bits per heavy atom. The van der Waals surface area contributed by atoms with Crippen molar-refractivity contribution in [1.82, 2.24) is 0 Å². The minimum atomic E-state index is -0.348. The third kappa shape index (κ3) is 0.897. The summed E-state index contributed by atoms with van der Waals surface area (Å²) in [5.74, 6) is -0.348. The molecule has 3 heteroatoms. The number of rotatable bonds is 0. The highest BCUT2D eigenvalue weighted by Gasteiger charge is 2.14. The van der Waals surface area contributed by atoms with Crippen LogP contribution >= 0.6 is 0 Å². The largest absolute Gasteiger partial charge is 0.396 e. The lowest BCUT2D eigenvalue weighted by Gasteiger charge is -2.01. The fraction of sp³-hybridized carbons (Fsp3) is 0.222. The van der Waals surface area contributed by atoms with Crippen LogP contribution in [0.5, 0.6) is 0 Å². The molecule has 62 valence electrons. The van der Waals surface area contributed by atoms with Crippen molar-refractivity contribution in [3.8, 4) is 0 Å². The van der Waals surface area contributed by atoms with Crippen LogP contribution in [0.25, 0.3) is 0 Å². The van der Waals surface area contributed by atoms with Gasteiger partial charge in [-0.15, -0.1) is 0 Å². The molecule has 2 N–H and O–H groups in total. The molecule has 2 rings (SSSR count). The van der Waals surface area contributed by atoms with Gasteiger partial charge in [-0.2, -0.15) is 0 Å². The summed E-state index contributed by atoms with van der Waals surface area (Å²) in [5.41, 5.74) is 8.48. The third-order valence-electron chi connectivity index (χ3n) is 2.10. The fourth-order valence-corrected chi connectivity index (χ4v) is 1.39. The number of aliphatic imine (C=N–C) groups is 1. The molecule has 0 atom stereocenters. The number of hydrogen-bond acceptors (Lipinski definition) is 2. The normalized spacial score (nSPS) is 14.3. The van der Waals surface area contributed by atoms with Crippen LogP contribution < -0.4 is 5.73 Å². The summed E-state index contributed by atoms with van der Waals surface area (Å²) < 4.78 is 12.9. The highest BCUT2D eigenvalue weighted by Crippen LogP contribution is 2.23. The van der Waals surface area contributed by atoms with Gasteiger partial charge >= 0.3 is 0 Å². The van der Waals surface area contributed by atoms with E-state index in [1.807, 2.05) is 6.92 Å². The van der Waals surface area contributed by atoms with Gasteiger partial charge in [0.2, 0.25) is 0 Å². The summed E-state index contributed by atoms with van der Waals surface area (Å²) >= 11 is 0. The molecule has 0 radical (unpaired) electrons. The average molecular weight is 164 g/mol. The van der Waals surface area contributed by atoms with E-state index >= 15 is 0 Å². The van der Waals surface area contributed by atoms with Crippen LogP contribution in [-0.2, 0) is 6.54 Å². The molecule has 0 aromatic heterocycles. The highest BCUT2D eigenvalue weighted by atomic mass is 19.1. The molecule has 2 nitrogen and oxygen atoms in total. The van der Waals surface area contributed by atoms with E-state index in [1.54, 1.807) is 6.07 Å². The Kier molecular flexibility index (Phi) is 1.40. The van der Waals surface area contributed by atoms with E-state index in [2.05, 4.69) is 4.99 Å². The van der Waals surface area contributed by atoms with E-state index in [0.717, 1.165) is 16.8 Å². The van der Waals surface area contributed by atoms with Crippen LogP contribution in [0.3, 0.4) is 0 Å². The van der Waals surface area contributed by atoms with E-state index in [1.165, 1.54) is 6.07 Å². The van der Waals surface area contributed by atoms with Crippen LogP contribution in [0.1, 0.15) is 18.1 Å². The topological polar surface area (TPSA) is 38.4 Å². The molecular weight excluding hydrogens is 155 g/mol. The molecule has 1 aliphatic heterocycles. The first-order valence-electron chi connectivity index (χ1n) is 3.78. The molecule has 0 spiro atoms. The Bertz CT molecular complexity index is 369. The van der Waals surface area contributed by atoms with Gasteiger partial charge in [0, 0.05) is 11.3 Å². The van der Waals surface area contributed by atoms with Crippen LogP contribution in [0.4, 0.5) is 10.1 Å². The molecule has 0 bridgehead atoms. The zero-order valence-electron chi connectivity index (χ0n) is 6.76. The van der Waals surface area contributed by atoms with Crippen LogP contribution in [0, 0.1) is 5.82 Å². The molecule has 0 amide bonds. The first-order chi connectivity index (χ1) is 5.68. The second-order valence-electron chi connectivity index (χ2n) is 2.93. The van der Waals surface area contributed by atoms with E-state index in [0.29, 0.717) is 6.54 Å². The van der Waals surface area contributed by atoms with Crippen molar-refractivity contribution < 1.29 is 4.39 Å². The van der Waals surface area contributed by atoms with Crippen molar-refractivity contribution in [3.05, 3.63) is 29.1 Å². The minimum absolute atomic E-state index is 0.199. The lowest BCUT2D eigenvalue weighted by atomic mass is 10.1. The number of fused-ring (bicyclic) bond motifs is 1. The van der Waals surface area contributed by atoms with Crippen molar-refractivity contribution in [2.45, 2.75) is 13.5 Å². The minimum Gasteiger partial charge on any atom is -0.396 e. The second kappa shape index (κ2) is 2.30. The molecule has 1 heterocycles. The number of anilines is 1. The van der Waals surface area contributed by atoms with Crippen LogP contribution in [0.15, 0.2) is 17.1 Å². The standard InChI is InChI=1S/C9H9FN2/c1-5-7-3-9(11)8(10)2-6(7)4-12-5/h2-3H,4,11H2,1H3. The Morgan fingerprint density at radius 1 is 1.50 bits per heavy atom. The van der Waals surface area contributed by atoms with E-state index < -0.39 is 0 Å².